The molecule has 0 atom stereocenters. The lowest BCUT2D eigenvalue weighted by atomic mass is 9.99. The van der Waals surface area contributed by atoms with Gasteiger partial charge in [-0.25, -0.2) is 0 Å². The Hall–Kier alpha value is -2.13. The Morgan fingerprint density at radius 2 is 1.86 bits per heavy atom. The number of hydrogen-bond acceptors (Lipinski definition) is 3. The summed E-state index contributed by atoms with van der Waals surface area (Å²) in [4.78, 5) is 12.7. The van der Waals surface area contributed by atoms with Crippen molar-refractivity contribution in [2.75, 3.05) is 0 Å². The second-order valence-electron chi connectivity index (χ2n) is 5.47. The summed E-state index contributed by atoms with van der Waals surface area (Å²) in [5, 5.41) is 0. The molecule has 0 unspecified atom stereocenters. The molecule has 0 spiro atoms. The molecule has 3 heteroatoms. The molecule has 1 aliphatic rings. The smallest absolute Gasteiger partial charge is 0.196 e. The summed E-state index contributed by atoms with van der Waals surface area (Å²) in [6.07, 6.45) is 0.0346. The molecule has 108 valence electrons. The van der Waals surface area contributed by atoms with Crippen LogP contribution < -0.4 is 4.74 Å². The maximum absolute atomic E-state index is 12.7. The summed E-state index contributed by atoms with van der Waals surface area (Å²) in [6, 6.07) is 13.1. The summed E-state index contributed by atoms with van der Waals surface area (Å²) in [5.41, 5.74) is 3.55. The third-order valence-electron chi connectivity index (χ3n) is 3.48. The number of rotatable bonds is 4. The highest BCUT2D eigenvalue weighted by molar-refractivity contribution is 6.10. The van der Waals surface area contributed by atoms with E-state index < -0.39 is 0 Å². The van der Waals surface area contributed by atoms with E-state index in [-0.39, 0.29) is 11.9 Å². The van der Waals surface area contributed by atoms with Crippen LogP contribution in [0.25, 0.3) is 0 Å². The van der Waals surface area contributed by atoms with Crippen molar-refractivity contribution in [3.05, 3.63) is 64.7 Å². The Bertz CT molecular complexity index is 674. The van der Waals surface area contributed by atoms with Crippen LogP contribution in [0.3, 0.4) is 0 Å². The van der Waals surface area contributed by atoms with Crippen LogP contribution in [0.4, 0.5) is 0 Å². The molecule has 0 fully saturated rings. The van der Waals surface area contributed by atoms with Gasteiger partial charge < -0.3 is 9.47 Å². The summed E-state index contributed by atoms with van der Waals surface area (Å²) in [5.74, 6) is 0.621. The fourth-order valence-corrected chi connectivity index (χ4v) is 2.48. The minimum atomic E-state index is -0.0130. The first-order valence-electron chi connectivity index (χ1n) is 7.15. The van der Waals surface area contributed by atoms with Gasteiger partial charge in [-0.1, -0.05) is 24.3 Å². The topological polar surface area (TPSA) is 35.5 Å². The Kier molecular flexibility index (Phi) is 3.76. The molecule has 3 nitrogen and oxygen atoms in total. The van der Waals surface area contributed by atoms with Gasteiger partial charge in [0.15, 0.2) is 5.78 Å². The maximum atomic E-state index is 12.7. The number of ether oxygens (including phenoxy) is 2. The van der Waals surface area contributed by atoms with Crippen molar-refractivity contribution in [1.82, 2.24) is 0 Å². The van der Waals surface area contributed by atoms with Gasteiger partial charge in [0, 0.05) is 5.56 Å². The van der Waals surface area contributed by atoms with Crippen LogP contribution in [0.5, 0.6) is 5.75 Å². The molecule has 2 aromatic rings. The SMILES string of the molecule is CC(C)Oc1ccccc1C(=O)c1ccc2c(c1)COC2. The molecule has 1 heterocycles. The third-order valence-corrected chi connectivity index (χ3v) is 3.48. The first-order valence-corrected chi connectivity index (χ1v) is 7.15. The molecule has 0 aliphatic carbocycles. The standard InChI is InChI=1S/C18H18O3/c1-12(2)21-17-6-4-3-5-16(17)18(19)13-7-8-14-10-20-11-15(14)9-13/h3-9,12H,10-11H2,1-2H3. The zero-order valence-corrected chi connectivity index (χ0v) is 12.3. The molecule has 3 rings (SSSR count). The van der Waals surface area contributed by atoms with Crippen LogP contribution in [-0.2, 0) is 18.0 Å². The summed E-state index contributed by atoms with van der Waals surface area (Å²) >= 11 is 0. The van der Waals surface area contributed by atoms with Crippen molar-refractivity contribution < 1.29 is 14.3 Å². The van der Waals surface area contributed by atoms with Gasteiger partial charge in [-0.15, -0.1) is 0 Å². The van der Waals surface area contributed by atoms with Gasteiger partial charge in [-0.3, -0.25) is 4.79 Å². The van der Waals surface area contributed by atoms with Gasteiger partial charge in [-0.05, 0) is 43.2 Å². The molecule has 0 aromatic heterocycles. The monoisotopic (exact) mass is 282 g/mol. The predicted molar refractivity (Wildman–Crippen MR) is 80.6 cm³/mol. The molecule has 0 saturated heterocycles. The van der Waals surface area contributed by atoms with Crippen molar-refractivity contribution in [3.8, 4) is 5.75 Å². The fraction of sp³-hybridized carbons (Fsp3) is 0.278. The Labute approximate surface area is 124 Å². The van der Waals surface area contributed by atoms with Crippen molar-refractivity contribution in [2.24, 2.45) is 0 Å². The van der Waals surface area contributed by atoms with Crippen LogP contribution in [0.1, 0.15) is 40.9 Å². The van der Waals surface area contributed by atoms with Crippen LogP contribution in [0, 0.1) is 0 Å². The largest absolute Gasteiger partial charge is 0.490 e. The number of hydrogen-bond donors (Lipinski definition) is 0. The Balaban J connectivity index is 1.95. The quantitative estimate of drug-likeness (QED) is 0.801. The fourth-order valence-electron chi connectivity index (χ4n) is 2.48. The molecule has 0 N–H and O–H groups in total. The third kappa shape index (κ3) is 2.83. The zero-order chi connectivity index (χ0) is 14.8. The number of carbonyl (C=O) groups is 1. The van der Waals surface area contributed by atoms with Crippen molar-refractivity contribution in [2.45, 2.75) is 33.2 Å². The molecule has 0 bridgehead atoms. The highest BCUT2D eigenvalue weighted by atomic mass is 16.5. The lowest BCUT2D eigenvalue weighted by molar-refractivity contribution is 0.103. The van der Waals surface area contributed by atoms with Gasteiger partial charge in [-0.2, -0.15) is 0 Å². The molecule has 21 heavy (non-hydrogen) atoms. The van der Waals surface area contributed by atoms with Crippen LogP contribution >= 0.6 is 0 Å². The van der Waals surface area contributed by atoms with Crippen molar-refractivity contribution in [1.29, 1.82) is 0 Å². The van der Waals surface area contributed by atoms with E-state index >= 15 is 0 Å². The maximum Gasteiger partial charge on any atom is 0.196 e. The molecule has 0 radical (unpaired) electrons. The first-order chi connectivity index (χ1) is 10.1. The minimum absolute atomic E-state index is 0.0130. The average Bonchev–Trinajstić information content (AvgIpc) is 2.94. The Morgan fingerprint density at radius 1 is 1.10 bits per heavy atom. The van der Waals surface area contributed by atoms with Gasteiger partial charge in [0.2, 0.25) is 0 Å². The lowest BCUT2D eigenvalue weighted by Crippen LogP contribution is -2.10. The van der Waals surface area contributed by atoms with E-state index in [1.54, 1.807) is 0 Å². The normalized spacial score (nSPS) is 13.3. The number of fused-ring (bicyclic) bond motifs is 1. The summed E-state index contributed by atoms with van der Waals surface area (Å²) in [7, 11) is 0. The number of benzene rings is 2. The zero-order valence-electron chi connectivity index (χ0n) is 12.3. The van der Waals surface area contributed by atoms with Gasteiger partial charge >= 0.3 is 0 Å². The summed E-state index contributed by atoms with van der Waals surface area (Å²) in [6.45, 7) is 5.12. The molecular weight excluding hydrogens is 264 g/mol. The molecule has 0 saturated carbocycles. The molecule has 2 aromatic carbocycles. The second-order valence-corrected chi connectivity index (χ2v) is 5.47. The van der Waals surface area contributed by atoms with E-state index in [0.29, 0.717) is 30.1 Å². The lowest BCUT2D eigenvalue weighted by Gasteiger charge is -2.13. The molecular formula is C18H18O3. The minimum Gasteiger partial charge on any atom is -0.490 e. The molecule has 0 amide bonds. The van der Waals surface area contributed by atoms with Gasteiger partial charge in [0.25, 0.3) is 0 Å². The average molecular weight is 282 g/mol. The second kappa shape index (κ2) is 5.70. The van der Waals surface area contributed by atoms with Crippen LogP contribution in [-0.4, -0.2) is 11.9 Å². The van der Waals surface area contributed by atoms with E-state index in [9.17, 15) is 4.79 Å². The Morgan fingerprint density at radius 3 is 2.67 bits per heavy atom. The first kappa shape index (κ1) is 13.8. The van der Waals surface area contributed by atoms with Crippen LogP contribution in [0.15, 0.2) is 42.5 Å². The van der Waals surface area contributed by atoms with E-state index in [4.69, 9.17) is 9.47 Å². The highest BCUT2D eigenvalue weighted by Gasteiger charge is 2.18. The van der Waals surface area contributed by atoms with E-state index in [1.165, 1.54) is 5.56 Å². The highest BCUT2D eigenvalue weighted by Crippen LogP contribution is 2.26. The molecule has 1 aliphatic heterocycles. The number of para-hydroxylation sites is 1. The van der Waals surface area contributed by atoms with Gasteiger partial charge in [0.05, 0.1) is 24.9 Å². The van der Waals surface area contributed by atoms with Crippen LogP contribution in [0.2, 0.25) is 0 Å². The summed E-state index contributed by atoms with van der Waals surface area (Å²) < 4.78 is 11.1. The predicted octanol–water partition coefficient (Wildman–Crippen LogP) is 3.74. The van der Waals surface area contributed by atoms with Crippen molar-refractivity contribution in [3.63, 3.8) is 0 Å². The van der Waals surface area contributed by atoms with E-state index in [2.05, 4.69) is 0 Å². The van der Waals surface area contributed by atoms with E-state index in [1.807, 2.05) is 56.3 Å². The van der Waals surface area contributed by atoms with E-state index in [0.717, 1.165) is 5.56 Å². The van der Waals surface area contributed by atoms with Gasteiger partial charge in [0.1, 0.15) is 5.75 Å². The number of carbonyl (C=O) groups excluding carboxylic acids is 1. The van der Waals surface area contributed by atoms with Crippen molar-refractivity contribution >= 4 is 5.78 Å². The number of ketones is 1.